The summed E-state index contributed by atoms with van der Waals surface area (Å²) in [5.41, 5.74) is 6.74. The molecule has 0 bridgehead atoms. The molecule has 0 radical (unpaired) electrons. The van der Waals surface area contributed by atoms with E-state index in [2.05, 4.69) is 42.5 Å². The second kappa shape index (κ2) is 26.9. The third-order valence-corrected chi connectivity index (χ3v) is 11.2. The molecule has 388 valence electrons. The summed E-state index contributed by atoms with van der Waals surface area (Å²) in [7, 11) is 0. The molecule has 14 N–H and O–H groups in total. The van der Waals surface area contributed by atoms with Crippen LogP contribution in [0.2, 0.25) is 0 Å². The topological polar surface area (TPSA) is 394 Å². The summed E-state index contributed by atoms with van der Waals surface area (Å²) in [6.45, 7) is 7.27. The minimum absolute atomic E-state index is 0.00332. The number of carboxylic acid groups (broad SMARTS) is 1. The predicted molar refractivity (Wildman–Crippen MR) is 250 cm³/mol. The van der Waals surface area contributed by atoms with Crippen LogP contribution in [0.5, 0.6) is 5.75 Å². The van der Waals surface area contributed by atoms with Gasteiger partial charge in [-0.2, -0.15) is 0 Å². The molecule has 1 fully saturated rings. The lowest BCUT2D eigenvalue weighted by atomic mass is 10.0. The SMILES string of the molecule is CC(=O)N[C@@H](CC(=O)O)C(=O)N[C@H](C(=O)N[C@H](C(=O)N1CCC[C@H]1C(=O)N[C@@H](C)C(=O)N[C@@H](C)C(=O)N[C@@H](Cc1ccccc1)C(=O)N[C@@H](C)C(=O)N[C@@H](Cc1ccc(O)cc1)C(N)=O)[C@@H](C)O)[C@@H](C)O. The van der Waals surface area contributed by atoms with Gasteiger partial charge in [-0.1, -0.05) is 42.5 Å². The van der Waals surface area contributed by atoms with E-state index in [4.69, 9.17) is 5.73 Å². The fourth-order valence-corrected chi connectivity index (χ4v) is 7.30. The van der Waals surface area contributed by atoms with E-state index in [-0.39, 0.29) is 31.6 Å². The molecule has 0 saturated carbocycles. The average Bonchev–Trinajstić information content (AvgIpc) is 3.80. The Bertz CT molecular complexity index is 2250. The largest absolute Gasteiger partial charge is 0.508 e. The van der Waals surface area contributed by atoms with Gasteiger partial charge in [-0.25, -0.2) is 0 Å². The fraction of sp³-hybridized carbons (Fsp3) is 0.500. The minimum atomic E-state index is -1.80. The summed E-state index contributed by atoms with van der Waals surface area (Å²) in [6.07, 6.45) is -3.75. The van der Waals surface area contributed by atoms with Gasteiger partial charge in [0, 0.05) is 26.3 Å². The first-order chi connectivity index (χ1) is 33.3. The number of nitrogens with two attached hydrogens (primary N) is 1. The quantitative estimate of drug-likeness (QED) is 0.0449. The number of likely N-dealkylation sites (tertiary alicyclic amines) is 1. The summed E-state index contributed by atoms with van der Waals surface area (Å²) >= 11 is 0. The molecule has 25 heteroatoms. The third-order valence-electron chi connectivity index (χ3n) is 11.2. The van der Waals surface area contributed by atoms with Gasteiger partial charge in [-0.3, -0.25) is 52.7 Å². The molecular formula is C46H64N10O15. The Labute approximate surface area is 408 Å². The van der Waals surface area contributed by atoms with Crippen LogP contribution in [-0.4, -0.2) is 163 Å². The van der Waals surface area contributed by atoms with E-state index >= 15 is 0 Å². The minimum Gasteiger partial charge on any atom is -0.508 e. The number of phenolic OH excluding ortho intramolecular Hbond substituents is 1. The van der Waals surface area contributed by atoms with Gasteiger partial charge in [0.1, 0.15) is 60.1 Å². The molecular weight excluding hydrogens is 933 g/mol. The van der Waals surface area contributed by atoms with Crippen molar-refractivity contribution in [2.24, 2.45) is 5.73 Å². The Morgan fingerprint density at radius 1 is 0.592 bits per heavy atom. The van der Waals surface area contributed by atoms with Crippen molar-refractivity contribution in [3.63, 3.8) is 0 Å². The zero-order valence-electron chi connectivity index (χ0n) is 40.1. The van der Waals surface area contributed by atoms with Crippen molar-refractivity contribution < 1.29 is 73.2 Å². The van der Waals surface area contributed by atoms with Crippen LogP contribution in [0.4, 0.5) is 0 Å². The van der Waals surface area contributed by atoms with Gasteiger partial charge in [0.05, 0.1) is 18.6 Å². The number of aliphatic carboxylic acids is 1. The van der Waals surface area contributed by atoms with Crippen LogP contribution in [0.1, 0.15) is 71.9 Å². The molecule has 1 aliphatic heterocycles. The molecule has 71 heavy (non-hydrogen) atoms. The average molecular weight is 997 g/mol. The molecule has 0 unspecified atom stereocenters. The Morgan fingerprint density at radius 3 is 1.61 bits per heavy atom. The second-order valence-corrected chi connectivity index (χ2v) is 17.3. The van der Waals surface area contributed by atoms with Gasteiger partial charge in [0.15, 0.2) is 0 Å². The Morgan fingerprint density at radius 2 is 1.07 bits per heavy atom. The van der Waals surface area contributed by atoms with Crippen LogP contribution in [0.15, 0.2) is 54.6 Å². The maximum atomic E-state index is 13.8. The van der Waals surface area contributed by atoms with Gasteiger partial charge < -0.3 is 73.6 Å². The molecule has 2 aromatic rings. The summed E-state index contributed by atoms with van der Waals surface area (Å²) < 4.78 is 0. The number of hydrogen-bond acceptors (Lipinski definition) is 14. The van der Waals surface area contributed by atoms with Crippen molar-refractivity contribution in [2.75, 3.05) is 6.54 Å². The summed E-state index contributed by atoms with van der Waals surface area (Å²) in [5.74, 6) is -10.3. The monoisotopic (exact) mass is 996 g/mol. The number of aliphatic hydroxyl groups is 2. The lowest BCUT2D eigenvalue weighted by Crippen LogP contribution is -2.63. The second-order valence-electron chi connectivity index (χ2n) is 17.3. The zero-order valence-corrected chi connectivity index (χ0v) is 40.1. The summed E-state index contributed by atoms with van der Waals surface area (Å²) in [4.78, 5) is 143. The van der Waals surface area contributed by atoms with E-state index in [1.807, 2.05) is 0 Å². The maximum absolute atomic E-state index is 13.8. The predicted octanol–water partition coefficient (Wildman–Crippen LogP) is -4.15. The Balaban J connectivity index is 1.65. The van der Waals surface area contributed by atoms with Gasteiger partial charge in [-0.15, -0.1) is 0 Å². The van der Waals surface area contributed by atoms with E-state index in [0.29, 0.717) is 17.5 Å². The number of nitrogens with one attached hydrogen (secondary N) is 8. The van der Waals surface area contributed by atoms with Crippen LogP contribution < -0.4 is 48.3 Å². The van der Waals surface area contributed by atoms with E-state index in [1.165, 1.54) is 32.9 Å². The highest BCUT2D eigenvalue weighted by Gasteiger charge is 2.41. The maximum Gasteiger partial charge on any atom is 0.305 e. The van der Waals surface area contributed by atoms with Gasteiger partial charge in [-0.05, 0) is 70.7 Å². The number of phenols is 1. The molecule has 11 atom stereocenters. The molecule has 2 aromatic carbocycles. The number of aliphatic hydroxyl groups excluding tert-OH is 2. The molecule has 1 heterocycles. The van der Waals surface area contributed by atoms with Crippen molar-refractivity contribution >= 4 is 65.0 Å². The molecule has 1 saturated heterocycles. The first kappa shape index (κ1) is 57.6. The van der Waals surface area contributed by atoms with Crippen LogP contribution in [-0.2, 0) is 65.6 Å². The molecule has 10 amide bonds. The Hall–Kier alpha value is -7.67. The van der Waals surface area contributed by atoms with Crippen LogP contribution in [0.3, 0.4) is 0 Å². The van der Waals surface area contributed by atoms with Crippen molar-refractivity contribution in [2.45, 2.75) is 140 Å². The summed E-state index contributed by atoms with van der Waals surface area (Å²) in [5, 5.41) is 58.8. The first-order valence-electron chi connectivity index (χ1n) is 22.7. The lowest BCUT2D eigenvalue weighted by molar-refractivity contribution is -0.145. The van der Waals surface area contributed by atoms with Gasteiger partial charge in [0.25, 0.3) is 0 Å². The van der Waals surface area contributed by atoms with Gasteiger partial charge >= 0.3 is 5.97 Å². The molecule has 25 nitrogen and oxygen atoms in total. The van der Waals surface area contributed by atoms with Crippen LogP contribution in [0, 0.1) is 0 Å². The molecule has 1 aliphatic rings. The number of hydrogen-bond donors (Lipinski definition) is 13. The third kappa shape index (κ3) is 18.0. The zero-order chi connectivity index (χ0) is 53.3. The van der Waals surface area contributed by atoms with E-state index in [0.717, 1.165) is 25.7 Å². The van der Waals surface area contributed by atoms with Crippen LogP contribution >= 0.6 is 0 Å². The number of amides is 10. The number of carbonyl (C=O) groups is 11. The Kier molecular flexibility index (Phi) is 21.9. The number of carboxylic acids is 1. The highest BCUT2D eigenvalue weighted by Crippen LogP contribution is 2.20. The number of benzene rings is 2. The molecule has 0 aliphatic carbocycles. The van der Waals surface area contributed by atoms with Crippen molar-refractivity contribution in [3.05, 3.63) is 65.7 Å². The number of primary amides is 1. The first-order valence-corrected chi connectivity index (χ1v) is 22.7. The van der Waals surface area contributed by atoms with Crippen molar-refractivity contribution in [3.8, 4) is 5.75 Å². The lowest BCUT2D eigenvalue weighted by Gasteiger charge is -2.32. The standard InChI is InChI=1S/C46H64N10O15/c1-22(50-44(69)34-13-10-18-56(34)46(71)37(26(5)58)55-45(70)36(25(4)57)54-43(68)33(21-35(61)62)51-27(6)59)39(64)48-23(2)41(66)53-32(20-28-11-8-7-9-12-28)42(67)49-24(3)40(65)52-31(38(47)63)19-29-14-16-30(60)17-15-29/h7-9,11-12,14-17,22-26,31-34,36-37,57-58,60H,10,13,18-21H2,1-6H3,(H2,47,63)(H,48,64)(H,49,67)(H,50,69)(H,51,59)(H,52,65)(H,53,66)(H,54,68)(H,55,70)(H,61,62)/t22-,23-,24-,25+,26+,31-,32-,33-,34-,36-,37-/m0/s1. The van der Waals surface area contributed by atoms with Crippen molar-refractivity contribution in [1.29, 1.82) is 0 Å². The number of carbonyl (C=O) groups excluding carboxylic acids is 10. The fourth-order valence-electron chi connectivity index (χ4n) is 7.30. The smallest absolute Gasteiger partial charge is 0.305 e. The highest BCUT2D eigenvalue weighted by atomic mass is 16.4. The van der Waals surface area contributed by atoms with Crippen molar-refractivity contribution in [1.82, 2.24) is 47.4 Å². The number of aromatic hydroxyl groups is 1. The van der Waals surface area contributed by atoms with E-state index in [9.17, 15) is 73.2 Å². The van der Waals surface area contributed by atoms with E-state index in [1.54, 1.807) is 42.5 Å². The van der Waals surface area contributed by atoms with E-state index < -0.39 is 138 Å². The molecule has 0 aromatic heterocycles. The summed E-state index contributed by atoms with van der Waals surface area (Å²) in [6, 6.07) is 1.81. The number of rotatable bonds is 25. The van der Waals surface area contributed by atoms with Crippen LogP contribution in [0.25, 0.3) is 0 Å². The highest BCUT2D eigenvalue weighted by molar-refractivity contribution is 5.99. The molecule has 0 spiro atoms. The van der Waals surface area contributed by atoms with Gasteiger partial charge in [0.2, 0.25) is 59.1 Å². The number of nitrogens with zero attached hydrogens (tertiary/aromatic N) is 1. The molecule has 3 rings (SSSR count). The normalized spacial score (nSPS) is 17.4.